The Balaban J connectivity index is 1.77. The van der Waals surface area contributed by atoms with Crippen LogP contribution in [0.3, 0.4) is 0 Å². The number of methoxy groups -OCH3 is 1. The minimum Gasteiger partial charge on any atom is -0.461 e. The molecule has 0 atom stereocenters. The normalized spacial score (nSPS) is 10.9. The average molecular weight is 309 g/mol. The molecule has 2 N–H and O–H groups in total. The molecule has 0 aliphatic rings. The smallest absolute Gasteiger partial charge is 0.348 e. The van der Waals surface area contributed by atoms with E-state index in [1.807, 2.05) is 24.3 Å². The Labute approximate surface area is 127 Å². The van der Waals surface area contributed by atoms with Crippen molar-refractivity contribution in [2.24, 2.45) is 0 Å². The number of thiophene rings is 1. The Bertz CT molecular complexity index is 596. The third-order valence-electron chi connectivity index (χ3n) is 2.84. The molecule has 0 saturated heterocycles. The molecule has 0 fully saturated rings. The first-order valence-corrected chi connectivity index (χ1v) is 7.55. The summed E-state index contributed by atoms with van der Waals surface area (Å²) in [6.45, 7) is 2.04. The second-order valence-electron chi connectivity index (χ2n) is 4.50. The molecular weight excluding hydrogens is 290 g/mol. The van der Waals surface area contributed by atoms with Crippen LogP contribution in [0.2, 0.25) is 0 Å². The number of esters is 1. The number of hydrogen-bond acceptors (Lipinski definition) is 6. The van der Waals surface area contributed by atoms with Gasteiger partial charge in [-0.25, -0.2) is 4.79 Å². The number of ether oxygens (including phenoxy) is 3. The molecule has 1 aromatic carbocycles. The molecule has 114 valence electrons. The van der Waals surface area contributed by atoms with Gasteiger partial charge < -0.3 is 19.9 Å². The monoisotopic (exact) mass is 309 g/mol. The van der Waals surface area contributed by atoms with Crippen molar-refractivity contribution in [3.63, 3.8) is 0 Å². The van der Waals surface area contributed by atoms with Gasteiger partial charge in [0.05, 0.1) is 19.8 Å². The summed E-state index contributed by atoms with van der Waals surface area (Å²) in [5, 5.41) is 0.967. The largest absolute Gasteiger partial charge is 0.461 e. The highest BCUT2D eigenvalue weighted by Crippen LogP contribution is 2.27. The predicted octanol–water partition coefficient (Wildman–Crippen LogP) is 2.69. The van der Waals surface area contributed by atoms with Crippen molar-refractivity contribution < 1.29 is 19.0 Å². The van der Waals surface area contributed by atoms with Crippen molar-refractivity contribution in [2.75, 3.05) is 39.3 Å². The average Bonchev–Trinajstić information content (AvgIpc) is 2.89. The van der Waals surface area contributed by atoms with Crippen LogP contribution in [-0.2, 0) is 14.2 Å². The van der Waals surface area contributed by atoms with Gasteiger partial charge in [0.2, 0.25) is 0 Å². The number of benzene rings is 1. The standard InChI is InChI=1S/C15H19NO4S/c1-18-7-8-19-5-2-6-20-15(17)14-10-11-9-12(16)3-4-13(11)21-14/h3-4,9-10H,2,5-8,16H2,1H3. The number of nitrogen functional groups attached to an aromatic ring is 1. The number of nitrogens with two attached hydrogens (primary N) is 1. The minimum atomic E-state index is -0.299. The fraction of sp³-hybridized carbons (Fsp3) is 0.400. The molecule has 0 unspecified atom stereocenters. The number of carbonyl (C=O) groups is 1. The maximum absolute atomic E-state index is 11.9. The fourth-order valence-electron chi connectivity index (χ4n) is 1.80. The summed E-state index contributed by atoms with van der Waals surface area (Å²) in [6, 6.07) is 7.40. The van der Waals surface area contributed by atoms with E-state index in [-0.39, 0.29) is 5.97 Å². The highest BCUT2D eigenvalue weighted by atomic mass is 32.1. The van der Waals surface area contributed by atoms with Crippen LogP contribution in [0.15, 0.2) is 24.3 Å². The zero-order chi connectivity index (χ0) is 15.1. The van der Waals surface area contributed by atoms with Crippen molar-refractivity contribution >= 4 is 33.1 Å². The van der Waals surface area contributed by atoms with E-state index in [4.69, 9.17) is 19.9 Å². The minimum absolute atomic E-state index is 0.299. The first-order valence-electron chi connectivity index (χ1n) is 6.73. The molecule has 5 nitrogen and oxygen atoms in total. The third-order valence-corrected chi connectivity index (χ3v) is 3.94. The summed E-state index contributed by atoms with van der Waals surface area (Å²) >= 11 is 1.41. The molecule has 0 aliphatic carbocycles. The first-order chi connectivity index (χ1) is 10.2. The zero-order valence-corrected chi connectivity index (χ0v) is 12.8. The second kappa shape index (κ2) is 7.97. The van der Waals surface area contributed by atoms with E-state index in [0.29, 0.717) is 43.4 Å². The third kappa shape index (κ3) is 4.70. The predicted molar refractivity (Wildman–Crippen MR) is 83.8 cm³/mol. The van der Waals surface area contributed by atoms with Gasteiger partial charge in [-0.2, -0.15) is 0 Å². The van der Waals surface area contributed by atoms with Gasteiger partial charge in [-0.15, -0.1) is 11.3 Å². The number of carbonyl (C=O) groups excluding carboxylic acids is 1. The van der Waals surface area contributed by atoms with Crippen LogP contribution >= 0.6 is 11.3 Å². The Morgan fingerprint density at radius 3 is 2.86 bits per heavy atom. The van der Waals surface area contributed by atoms with Crippen molar-refractivity contribution in [3.8, 4) is 0 Å². The van der Waals surface area contributed by atoms with E-state index in [0.717, 1.165) is 10.1 Å². The molecule has 0 amide bonds. The molecule has 1 heterocycles. The zero-order valence-electron chi connectivity index (χ0n) is 12.0. The Hall–Kier alpha value is -1.63. The molecular formula is C15H19NO4S. The number of hydrogen-bond donors (Lipinski definition) is 1. The van der Waals surface area contributed by atoms with Gasteiger partial charge in [0, 0.05) is 30.5 Å². The van der Waals surface area contributed by atoms with Gasteiger partial charge in [0.1, 0.15) is 4.88 Å². The van der Waals surface area contributed by atoms with Gasteiger partial charge in [-0.1, -0.05) is 0 Å². The molecule has 0 saturated carbocycles. The van der Waals surface area contributed by atoms with Crippen molar-refractivity contribution in [2.45, 2.75) is 6.42 Å². The molecule has 21 heavy (non-hydrogen) atoms. The number of rotatable bonds is 8. The Morgan fingerprint density at radius 1 is 1.19 bits per heavy atom. The van der Waals surface area contributed by atoms with Crippen LogP contribution in [0.25, 0.3) is 10.1 Å². The van der Waals surface area contributed by atoms with Crippen LogP contribution in [-0.4, -0.2) is 39.5 Å². The molecule has 0 bridgehead atoms. The van der Waals surface area contributed by atoms with Gasteiger partial charge >= 0.3 is 5.97 Å². The van der Waals surface area contributed by atoms with Crippen molar-refractivity contribution in [1.82, 2.24) is 0 Å². The molecule has 2 rings (SSSR count). The first kappa shape index (κ1) is 15.8. The Kier molecular flexibility index (Phi) is 5.98. The quantitative estimate of drug-likeness (QED) is 0.461. The summed E-state index contributed by atoms with van der Waals surface area (Å²) in [7, 11) is 1.63. The van der Waals surface area contributed by atoms with Crippen molar-refractivity contribution in [3.05, 3.63) is 29.1 Å². The van der Waals surface area contributed by atoms with E-state index in [9.17, 15) is 4.79 Å². The second-order valence-corrected chi connectivity index (χ2v) is 5.59. The summed E-state index contributed by atoms with van der Waals surface area (Å²) in [5.74, 6) is -0.299. The molecule has 0 aliphatic heterocycles. The summed E-state index contributed by atoms with van der Waals surface area (Å²) in [4.78, 5) is 12.5. The summed E-state index contributed by atoms with van der Waals surface area (Å²) in [5.41, 5.74) is 6.41. The topological polar surface area (TPSA) is 70.8 Å². The Morgan fingerprint density at radius 2 is 2.05 bits per heavy atom. The molecule has 2 aromatic rings. The van der Waals surface area contributed by atoms with E-state index in [1.165, 1.54) is 11.3 Å². The maximum atomic E-state index is 11.9. The van der Waals surface area contributed by atoms with Crippen LogP contribution in [0, 0.1) is 0 Å². The lowest BCUT2D eigenvalue weighted by molar-refractivity contribution is 0.0390. The highest BCUT2D eigenvalue weighted by molar-refractivity contribution is 7.20. The van der Waals surface area contributed by atoms with E-state index >= 15 is 0 Å². The van der Waals surface area contributed by atoms with Gasteiger partial charge in [0.15, 0.2) is 0 Å². The lowest BCUT2D eigenvalue weighted by Gasteiger charge is -2.04. The maximum Gasteiger partial charge on any atom is 0.348 e. The number of anilines is 1. The molecule has 6 heteroatoms. The van der Waals surface area contributed by atoms with Crippen LogP contribution < -0.4 is 5.73 Å². The van der Waals surface area contributed by atoms with Gasteiger partial charge in [0.25, 0.3) is 0 Å². The van der Waals surface area contributed by atoms with Crippen molar-refractivity contribution in [1.29, 1.82) is 0 Å². The van der Waals surface area contributed by atoms with Gasteiger partial charge in [-0.05, 0) is 29.7 Å². The van der Waals surface area contributed by atoms with Crippen LogP contribution in [0.1, 0.15) is 16.1 Å². The van der Waals surface area contributed by atoms with E-state index < -0.39 is 0 Å². The van der Waals surface area contributed by atoms with Gasteiger partial charge in [-0.3, -0.25) is 0 Å². The fourth-order valence-corrected chi connectivity index (χ4v) is 2.74. The highest BCUT2D eigenvalue weighted by Gasteiger charge is 2.11. The summed E-state index contributed by atoms with van der Waals surface area (Å²) in [6.07, 6.45) is 0.674. The SMILES string of the molecule is COCCOCCCOC(=O)c1cc2cc(N)ccc2s1. The van der Waals surface area contributed by atoms with E-state index in [1.54, 1.807) is 7.11 Å². The number of fused-ring (bicyclic) bond motifs is 1. The summed E-state index contributed by atoms with van der Waals surface area (Å²) < 4.78 is 16.4. The molecule has 0 spiro atoms. The van der Waals surface area contributed by atoms with Crippen LogP contribution in [0.5, 0.6) is 0 Å². The molecule has 1 aromatic heterocycles. The van der Waals surface area contributed by atoms with E-state index in [2.05, 4.69) is 0 Å². The lowest BCUT2D eigenvalue weighted by Crippen LogP contribution is -2.08. The molecule has 0 radical (unpaired) electrons. The lowest BCUT2D eigenvalue weighted by atomic mass is 10.2. The van der Waals surface area contributed by atoms with Crippen LogP contribution in [0.4, 0.5) is 5.69 Å².